The summed E-state index contributed by atoms with van der Waals surface area (Å²) in [5, 5.41) is 10.2. The number of nitrogens with one attached hydrogen (secondary N) is 1. The molecule has 37 heteroatoms. The van der Waals surface area contributed by atoms with E-state index in [1.165, 1.54) is 25.7 Å². The zero-order valence-corrected chi connectivity index (χ0v) is 82.8. The fourth-order valence-corrected chi connectivity index (χ4v) is 22.7. The fraction of sp³-hybridized carbons (Fsp3) is 0.490. The molecular formula is C100H120Cl5N31O. The van der Waals surface area contributed by atoms with Crippen LogP contribution in [0.15, 0.2) is 118 Å². The number of nitrogens with zero attached hydrogens (tertiary/aromatic N) is 24. The summed E-state index contributed by atoms with van der Waals surface area (Å²) >= 11 is 31.8. The number of aliphatic imine (C=N–C) groups is 4. The molecule has 6 saturated heterocycles. The molecule has 3 spiro atoms. The number of piperidine rings is 5. The smallest absolute Gasteiger partial charge is 0.202 e. The molecule has 20 heterocycles. The number of rotatable bonds is 11. The summed E-state index contributed by atoms with van der Waals surface area (Å²) in [6.07, 6.45) is 32.7. The van der Waals surface area contributed by atoms with Gasteiger partial charge in [-0.25, -0.2) is 54.8 Å². The number of hydrogen-bond acceptors (Lipinski definition) is 31. The summed E-state index contributed by atoms with van der Waals surface area (Å²) in [7, 11) is 0. The van der Waals surface area contributed by atoms with Crippen molar-refractivity contribution in [3.63, 3.8) is 0 Å². The molecule has 8 fully saturated rings. The summed E-state index contributed by atoms with van der Waals surface area (Å²) in [5.41, 5.74) is 58.5. The molecule has 716 valence electrons. The topological polar surface area (TPSA) is 440 Å². The molecular weight excluding hydrogens is 1830 g/mol. The first-order chi connectivity index (χ1) is 65.9. The quantitative estimate of drug-likeness (QED) is 0.0632. The molecule has 12 aliphatic rings. The lowest BCUT2D eigenvalue weighted by atomic mass is 9.74. The van der Waals surface area contributed by atoms with Crippen LogP contribution in [0.25, 0.3) is 22.4 Å². The van der Waals surface area contributed by atoms with Crippen molar-refractivity contribution in [3.8, 4) is 11.3 Å². The van der Waals surface area contributed by atoms with Gasteiger partial charge >= 0.3 is 0 Å². The van der Waals surface area contributed by atoms with Crippen LogP contribution in [0, 0.1) is 55.3 Å². The minimum Gasteiger partial charge on any atom is -0.382 e. The maximum Gasteiger partial charge on any atom is 0.202 e. The predicted molar refractivity (Wildman–Crippen MR) is 544 cm³/mol. The number of aromatic nitrogens is 16. The van der Waals surface area contributed by atoms with E-state index in [-0.39, 0.29) is 34.3 Å². The standard InChI is InChI=1S/C21H25ClN6.C20H25ClN8.C20H23ClN6O.C20H25ClN6.C19H22ClN5/c1-13-9-14(15(22)10-24-13)19-20-16(11-25-19)27-18(12-26-20)28-7-5-21(6-8-28)4-2-3-17(21)23;1-11-8-13(22)20(9-11)3-6-29(7-4-20)14-10-25-17-16(27-28-19(17)26-14)12-2-5-24-18(23)15(12)21;1-12-6-13(14(21)7-23-12)18-19-15(8-24-18)26-17(9-25-19)27-4-2-20(3-5-27)11-28-10-16(20)22;1-12-17(21)14(4-7-23-12)18-19-15(10-24-18)26-16(11-25-19)27-8-5-20(3,6-9-27)13(2)22;1-12-3-4-14(20)13(9-12)17-18-15(10-22-17)24-16(11-23-18)25-7-5-19(2,21)6-8-25/h9-10,12,17H,2-8,11,23H2,1H3;2,5,10-11,13H,3-4,6-9,22H2,1H3,(H2,23,24)(H,26,27,28);6-7,9,16H,2-5,8,10-11,22H2,1H3;4,7,11,13H,5-6,8-10,22H2,1-3H3;3-4,9,11H,5-8,10,21H2,1-2H3/t17-;11-,13-;16-;;/m111../s1. The maximum atomic E-state index is 6.49. The summed E-state index contributed by atoms with van der Waals surface area (Å²) in [6.45, 7) is 29.8. The number of aromatic amines is 1. The molecule has 2 saturated carbocycles. The number of nitrogen functional groups attached to an aromatic ring is 1. The zero-order valence-electron chi connectivity index (χ0n) is 79.0. The Kier molecular flexibility index (Phi) is 27.3. The van der Waals surface area contributed by atoms with Crippen LogP contribution in [0.3, 0.4) is 0 Å². The Morgan fingerprint density at radius 3 is 1.35 bits per heavy atom. The second kappa shape index (κ2) is 39.2. The van der Waals surface area contributed by atoms with E-state index in [0.717, 1.165) is 291 Å². The normalized spacial score (nSPS) is 21.8. The van der Waals surface area contributed by atoms with Crippen LogP contribution in [0.4, 0.5) is 34.9 Å². The van der Waals surface area contributed by atoms with Crippen molar-refractivity contribution in [1.29, 1.82) is 0 Å². The minimum absolute atomic E-state index is 0.0706. The zero-order chi connectivity index (χ0) is 95.6. The Morgan fingerprint density at radius 2 is 0.891 bits per heavy atom. The van der Waals surface area contributed by atoms with Gasteiger partial charge in [0, 0.05) is 165 Å². The van der Waals surface area contributed by atoms with E-state index < -0.39 is 0 Å². The number of halogens is 5. The van der Waals surface area contributed by atoms with Crippen LogP contribution in [0.5, 0.6) is 0 Å². The summed E-state index contributed by atoms with van der Waals surface area (Å²) < 4.78 is 5.62. The van der Waals surface area contributed by atoms with E-state index in [4.69, 9.17) is 137 Å². The van der Waals surface area contributed by atoms with E-state index in [9.17, 15) is 0 Å². The number of hydrogen-bond donors (Lipinski definition) is 7. The lowest BCUT2D eigenvalue weighted by Crippen LogP contribution is -2.49. The highest BCUT2D eigenvalue weighted by atomic mass is 35.5. The first-order valence-electron chi connectivity index (χ1n) is 47.9. The molecule has 0 amide bonds. The third-order valence-corrected chi connectivity index (χ3v) is 32.7. The molecule has 5 atom stereocenters. The molecule has 0 radical (unpaired) electrons. The average molecular weight is 1950 g/mol. The third-order valence-electron chi connectivity index (χ3n) is 30.9. The summed E-state index contributed by atoms with van der Waals surface area (Å²) in [6, 6.07) is 14.6. The first-order valence-corrected chi connectivity index (χ1v) is 49.8. The van der Waals surface area contributed by atoms with Crippen molar-refractivity contribution in [2.24, 2.45) is 76.2 Å². The van der Waals surface area contributed by atoms with Gasteiger partial charge in [-0.2, -0.15) is 5.10 Å². The highest BCUT2D eigenvalue weighted by Crippen LogP contribution is 2.50. The van der Waals surface area contributed by atoms with Crippen LogP contribution in [0.1, 0.15) is 214 Å². The van der Waals surface area contributed by atoms with Gasteiger partial charge in [0.05, 0.1) is 153 Å². The van der Waals surface area contributed by atoms with Crippen molar-refractivity contribution in [3.05, 3.63) is 214 Å². The number of fused-ring (bicyclic) bond motifs is 5. The Labute approximate surface area is 823 Å². The second-order valence-corrected chi connectivity index (χ2v) is 42.0. The molecule has 13 N–H and O–H groups in total. The van der Waals surface area contributed by atoms with Gasteiger partial charge in [0.15, 0.2) is 0 Å². The predicted octanol–water partition coefficient (Wildman–Crippen LogP) is 14.7. The number of pyridine rings is 4. The lowest BCUT2D eigenvalue weighted by Gasteiger charge is -2.42. The molecule has 1 unspecified atom stereocenters. The number of ether oxygens (including phenoxy) is 1. The van der Waals surface area contributed by atoms with Crippen LogP contribution in [0.2, 0.25) is 25.1 Å². The van der Waals surface area contributed by atoms with E-state index >= 15 is 0 Å². The molecule has 10 aromatic heterocycles. The van der Waals surface area contributed by atoms with Crippen LogP contribution < -0.4 is 58.9 Å². The van der Waals surface area contributed by atoms with Crippen LogP contribution in [-0.4, -0.2) is 211 Å². The van der Waals surface area contributed by atoms with Crippen LogP contribution >= 0.6 is 58.0 Å². The highest BCUT2D eigenvalue weighted by molar-refractivity contribution is 6.38. The molecule has 10 aliphatic heterocycles. The third kappa shape index (κ3) is 19.4. The molecule has 0 bridgehead atoms. The molecule has 137 heavy (non-hydrogen) atoms. The molecule has 1 aromatic carbocycles. The van der Waals surface area contributed by atoms with Gasteiger partial charge in [-0.1, -0.05) is 89.9 Å². The molecule has 2 aliphatic carbocycles. The van der Waals surface area contributed by atoms with Gasteiger partial charge in [0.2, 0.25) is 5.65 Å². The minimum atomic E-state index is -0.0706. The van der Waals surface area contributed by atoms with E-state index in [2.05, 4.69) is 118 Å². The Balaban J connectivity index is 0.000000110. The number of H-pyrrole nitrogens is 1. The van der Waals surface area contributed by atoms with E-state index in [1.54, 1.807) is 30.9 Å². The Morgan fingerprint density at radius 1 is 0.453 bits per heavy atom. The van der Waals surface area contributed by atoms with E-state index in [0.29, 0.717) is 103 Å². The average Bonchev–Trinajstić information content (AvgIpc) is 1.63. The van der Waals surface area contributed by atoms with Gasteiger partial charge < -0.3 is 63.6 Å². The van der Waals surface area contributed by atoms with E-state index in [1.807, 2.05) is 89.0 Å². The maximum absolute atomic E-state index is 6.49. The van der Waals surface area contributed by atoms with Gasteiger partial charge in [-0.15, -0.1) is 0 Å². The van der Waals surface area contributed by atoms with Gasteiger partial charge in [0.25, 0.3) is 0 Å². The number of anilines is 6. The Hall–Kier alpha value is -10.6. The summed E-state index contributed by atoms with van der Waals surface area (Å²) in [4.78, 5) is 94.5. The van der Waals surface area contributed by atoms with Gasteiger partial charge in [-0.3, -0.25) is 40.0 Å². The van der Waals surface area contributed by atoms with Crippen LogP contribution in [-0.2, 0) is 30.9 Å². The second-order valence-electron chi connectivity index (χ2n) is 40.1. The highest BCUT2D eigenvalue weighted by Gasteiger charge is 2.48. The van der Waals surface area contributed by atoms with Crippen molar-refractivity contribution in [2.75, 3.05) is 109 Å². The monoisotopic (exact) mass is 1950 g/mol. The van der Waals surface area contributed by atoms with Gasteiger partial charge in [0.1, 0.15) is 63.2 Å². The summed E-state index contributed by atoms with van der Waals surface area (Å²) in [5.74, 6) is 5.56. The van der Waals surface area contributed by atoms with Crippen molar-refractivity contribution < 1.29 is 4.74 Å². The lowest BCUT2D eigenvalue weighted by molar-refractivity contribution is 0.131. The fourth-order valence-electron chi connectivity index (χ4n) is 21.7. The van der Waals surface area contributed by atoms with Crippen molar-refractivity contribution >= 4 is 127 Å². The van der Waals surface area contributed by atoms with Gasteiger partial charge in [-0.05, 0) is 190 Å². The largest absolute Gasteiger partial charge is 0.382 e. The Bertz CT molecular complexity index is 6340. The molecule has 11 aromatic rings. The number of aryl methyl sites for hydroxylation is 4. The number of nitrogens with two attached hydrogens (primary N) is 6. The molecule has 32 nitrogen and oxygen atoms in total. The first kappa shape index (κ1) is 95.3. The molecule has 23 rings (SSSR count). The van der Waals surface area contributed by atoms with Crippen molar-refractivity contribution in [2.45, 2.75) is 208 Å². The SMILES string of the molecule is C[C@@H]1C[C@@H](N)C2(CCN(c3cnc4c(-c5ccnc(N)c5Cl)[nH]nc4n3)CC2)C1.Cc1cc(C2=NCc3nc(N4CCC5(CC4)COC[C@H]5N)cnc32)c(Cl)cn1.Cc1cc(C2=NCc3nc(N4CCC5(CCC[C@H]5N)CC4)cnc32)c(Cl)cn1.Cc1ccc(Cl)c(C2=NCc3nc(N4CCC(C)(N)CC4)cnc32)c1.Cc1nccc(C2=NCc3nc(N4CCC(C)(C(C)N)CC4)cnc32)c1Cl. The number of benzene rings is 1. The van der Waals surface area contributed by atoms with Crippen molar-refractivity contribution in [1.82, 2.24) is 80.0 Å².